The molecule has 0 spiro atoms. The lowest BCUT2D eigenvalue weighted by molar-refractivity contribution is 0.363. The molecule has 0 radical (unpaired) electrons. The molecule has 0 aromatic heterocycles. The molecule has 1 nitrogen and oxygen atoms in total. The first-order chi connectivity index (χ1) is 14.8. The van der Waals surface area contributed by atoms with E-state index in [2.05, 4.69) is 122 Å². The van der Waals surface area contributed by atoms with Crippen molar-refractivity contribution in [2.45, 2.75) is 6.16 Å². The Labute approximate surface area is 180 Å². The zero-order valence-electron chi connectivity index (χ0n) is 17.0. The standard InChI is InChI=1S/C28H26OP/c1-2-22-29-25-20-18-24(19-21-25)23-30(26-12-6-3-7-13-26,27-14-8-4-9-15-27)28-16-10-5-11-17-28/h2-21H,1,22-23H2/q+1. The van der Waals surface area contributed by atoms with Crippen LogP contribution < -0.4 is 20.7 Å². The van der Waals surface area contributed by atoms with Crippen molar-refractivity contribution in [3.63, 3.8) is 0 Å². The van der Waals surface area contributed by atoms with E-state index in [1.54, 1.807) is 6.08 Å². The highest BCUT2D eigenvalue weighted by molar-refractivity contribution is 7.95. The van der Waals surface area contributed by atoms with Crippen molar-refractivity contribution in [3.8, 4) is 5.75 Å². The molecule has 4 aromatic carbocycles. The van der Waals surface area contributed by atoms with Gasteiger partial charge in [-0.2, -0.15) is 0 Å². The quantitative estimate of drug-likeness (QED) is 0.266. The molecule has 0 heterocycles. The van der Waals surface area contributed by atoms with Gasteiger partial charge in [0.2, 0.25) is 0 Å². The summed E-state index contributed by atoms with van der Waals surface area (Å²) in [4.78, 5) is 0. The van der Waals surface area contributed by atoms with E-state index < -0.39 is 7.26 Å². The first kappa shape index (κ1) is 20.1. The topological polar surface area (TPSA) is 9.23 Å². The Morgan fingerprint density at radius 2 is 1.03 bits per heavy atom. The molecule has 0 aliphatic heterocycles. The Morgan fingerprint density at radius 1 is 0.600 bits per heavy atom. The maximum Gasteiger partial charge on any atom is 0.119 e. The van der Waals surface area contributed by atoms with Crippen LogP contribution in [0, 0.1) is 0 Å². The molecule has 4 aromatic rings. The van der Waals surface area contributed by atoms with Gasteiger partial charge in [0.15, 0.2) is 0 Å². The van der Waals surface area contributed by atoms with Gasteiger partial charge in [-0.05, 0) is 54.1 Å². The fourth-order valence-electron chi connectivity index (χ4n) is 3.89. The zero-order valence-corrected chi connectivity index (χ0v) is 17.9. The smallest absolute Gasteiger partial charge is 0.119 e. The second kappa shape index (κ2) is 9.57. The molecule has 0 bridgehead atoms. The maximum atomic E-state index is 5.69. The highest BCUT2D eigenvalue weighted by Crippen LogP contribution is 2.58. The van der Waals surface area contributed by atoms with E-state index in [9.17, 15) is 0 Å². The van der Waals surface area contributed by atoms with Crippen LogP contribution in [0.4, 0.5) is 0 Å². The van der Waals surface area contributed by atoms with E-state index in [4.69, 9.17) is 4.74 Å². The fraction of sp³-hybridized carbons (Fsp3) is 0.0714. The van der Waals surface area contributed by atoms with Gasteiger partial charge >= 0.3 is 0 Å². The lowest BCUT2D eigenvalue weighted by atomic mass is 10.2. The largest absolute Gasteiger partial charge is 0.490 e. The van der Waals surface area contributed by atoms with E-state index in [1.165, 1.54) is 21.5 Å². The predicted octanol–water partition coefficient (Wildman–Crippen LogP) is 5.75. The predicted molar refractivity (Wildman–Crippen MR) is 131 cm³/mol. The minimum atomic E-state index is -1.87. The number of hydrogen-bond donors (Lipinski definition) is 0. The normalized spacial score (nSPS) is 11.1. The summed E-state index contributed by atoms with van der Waals surface area (Å²) in [5.41, 5.74) is 1.31. The van der Waals surface area contributed by atoms with Crippen molar-refractivity contribution < 1.29 is 4.74 Å². The summed E-state index contributed by atoms with van der Waals surface area (Å²) in [6.07, 6.45) is 2.73. The lowest BCUT2D eigenvalue weighted by Gasteiger charge is -2.28. The van der Waals surface area contributed by atoms with E-state index in [0.29, 0.717) is 6.61 Å². The first-order valence-electron chi connectivity index (χ1n) is 10.2. The second-order valence-electron chi connectivity index (χ2n) is 7.22. The Bertz CT molecular complexity index is 961. The van der Waals surface area contributed by atoms with Crippen molar-refractivity contribution in [3.05, 3.63) is 133 Å². The Balaban J connectivity index is 1.86. The Hall–Kier alpha value is -3.15. The van der Waals surface area contributed by atoms with Crippen LogP contribution in [0.3, 0.4) is 0 Å². The molecule has 0 aliphatic rings. The van der Waals surface area contributed by atoms with Gasteiger partial charge in [0.05, 0.1) is 6.16 Å². The van der Waals surface area contributed by atoms with Crippen molar-refractivity contribution in [2.75, 3.05) is 6.61 Å². The SMILES string of the molecule is C=CCOc1ccc(C[P+](c2ccccc2)(c2ccccc2)c2ccccc2)cc1. The lowest BCUT2D eigenvalue weighted by Crippen LogP contribution is -2.32. The number of rotatable bonds is 8. The Morgan fingerprint density at radius 3 is 1.43 bits per heavy atom. The van der Waals surface area contributed by atoms with Crippen molar-refractivity contribution in [2.24, 2.45) is 0 Å². The van der Waals surface area contributed by atoms with Gasteiger partial charge in [-0.3, -0.25) is 0 Å². The molecular formula is C28H26OP+. The molecular weight excluding hydrogens is 383 g/mol. The second-order valence-corrected chi connectivity index (χ2v) is 10.7. The monoisotopic (exact) mass is 409 g/mol. The number of hydrogen-bond acceptors (Lipinski definition) is 1. The zero-order chi connectivity index (χ0) is 20.7. The van der Waals surface area contributed by atoms with E-state index in [1.807, 2.05) is 0 Å². The van der Waals surface area contributed by atoms with Gasteiger partial charge in [0.1, 0.15) is 35.5 Å². The summed E-state index contributed by atoms with van der Waals surface area (Å²) >= 11 is 0. The molecule has 30 heavy (non-hydrogen) atoms. The molecule has 0 fully saturated rings. The summed E-state index contributed by atoms with van der Waals surface area (Å²) in [5.74, 6) is 0.877. The molecule has 0 N–H and O–H groups in total. The average molecular weight is 409 g/mol. The van der Waals surface area contributed by atoms with Crippen LogP contribution in [-0.2, 0) is 6.16 Å². The van der Waals surface area contributed by atoms with Crippen LogP contribution in [0.25, 0.3) is 0 Å². The van der Waals surface area contributed by atoms with E-state index in [-0.39, 0.29) is 0 Å². The highest BCUT2D eigenvalue weighted by Gasteiger charge is 2.45. The summed E-state index contributed by atoms with van der Waals surface area (Å²) in [6.45, 7) is 4.24. The summed E-state index contributed by atoms with van der Waals surface area (Å²) < 4.78 is 5.69. The summed E-state index contributed by atoms with van der Waals surface area (Å²) in [5, 5.41) is 4.19. The van der Waals surface area contributed by atoms with E-state index >= 15 is 0 Å². The van der Waals surface area contributed by atoms with Crippen LogP contribution in [0.5, 0.6) is 5.75 Å². The number of benzene rings is 4. The number of ether oxygens (including phenoxy) is 1. The average Bonchev–Trinajstić information content (AvgIpc) is 2.84. The van der Waals surface area contributed by atoms with Gasteiger partial charge < -0.3 is 4.74 Å². The fourth-order valence-corrected chi connectivity index (χ4v) is 8.13. The molecule has 148 valence electrons. The first-order valence-corrected chi connectivity index (χ1v) is 12.2. The van der Waals surface area contributed by atoms with E-state index in [0.717, 1.165) is 11.9 Å². The van der Waals surface area contributed by atoms with Crippen LogP contribution in [0.15, 0.2) is 128 Å². The third-order valence-electron chi connectivity index (χ3n) is 5.30. The summed E-state index contributed by atoms with van der Waals surface area (Å²) in [6, 6.07) is 41.5. The minimum Gasteiger partial charge on any atom is -0.490 e. The molecule has 0 unspecified atom stereocenters. The Kier molecular flexibility index (Phi) is 6.42. The van der Waals surface area contributed by atoms with Crippen LogP contribution >= 0.6 is 7.26 Å². The molecule has 0 atom stereocenters. The molecule has 4 rings (SSSR count). The molecule has 2 heteroatoms. The molecule has 0 amide bonds. The highest BCUT2D eigenvalue weighted by atomic mass is 31.2. The van der Waals surface area contributed by atoms with Gasteiger partial charge in [0.25, 0.3) is 0 Å². The van der Waals surface area contributed by atoms with Gasteiger partial charge in [-0.1, -0.05) is 79.4 Å². The molecule has 0 saturated heterocycles. The van der Waals surface area contributed by atoms with Crippen molar-refractivity contribution >= 4 is 23.2 Å². The maximum absolute atomic E-state index is 5.69. The third-order valence-corrected chi connectivity index (χ3v) is 9.68. The third kappa shape index (κ3) is 4.22. The minimum absolute atomic E-state index is 0.522. The van der Waals surface area contributed by atoms with Gasteiger partial charge in [-0.25, -0.2) is 0 Å². The molecule has 0 aliphatic carbocycles. The summed E-state index contributed by atoms with van der Waals surface area (Å²) in [7, 11) is -1.87. The van der Waals surface area contributed by atoms with Crippen LogP contribution in [-0.4, -0.2) is 6.61 Å². The molecule has 0 saturated carbocycles. The van der Waals surface area contributed by atoms with Crippen molar-refractivity contribution in [1.29, 1.82) is 0 Å². The van der Waals surface area contributed by atoms with Crippen LogP contribution in [0.2, 0.25) is 0 Å². The van der Waals surface area contributed by atoms with Crippen LogP contribution in [0.1, 0.15) is 5.56 Å². The van der Waals surface area contributed by atoms with Gasteiger partial charge in [0, 0.05) is 0 Å². The van der Waals surface area contributed by atoms with Gasteiger partial charge in [-0.15, -0.1) is 0 Å². The van der Waals surface area contributed by atoms with Crippen molar-refractivity contribution in [1.82, 2.24) is 0 Å².